The van der Waals surface area contributed by atoms with E-state index in [0.29, 0.717) is 10.0 Å². The number of nitrogens with one attached hydrogen (secondary N) is 1. The zero-order chi connectivity index (χ0) is 14.9. The third-order valence-corrected chi connectivity index (χ3v) is 3.92. The lowest BCUT2D eigenvalue weighted by Crippen LogP contribution is -2.19. The van der Waals surface area contributed by atoms with Gasteiger partial charge in [-0.25, -0.2) is 13.2 Å². The number of benzene rings is 2. The molecule has 0 aliphatic carbocycles. The Labute approximate surface area is 131 Å². The molecule has 0 saturated carbocycles. The van der Waals surface area contributed by atoms with E-state index in [2.05, 4.69) is 37.2 Å². The number of rotatable bonds is 3. The summed E-state index contributed by atoms with van der Waals surface area (Å²) < 4.78 is 41.7. The molecule has 1 N–H and O–H groups in total. The van der Waals surface area contributed by atoms with Crippen molar-refractivity contribution in [2.75, 3.05) is 7.05 Å². The van der Waals surface area contributed by atoms with Crippen molar-refractivity contribution in [3.63, 3.8) is 0 Å². The predicted octanol–water partition coefficient (Wildman–Crippen LogP) is 4.94. The van der Waals surface area contributed by atoms with E-state index in [1.165, 1.54) is 12.1 Å². The predicted molar refractivity (Wildman–Crippen MR) is 79.1 cm³/mol. The van der Waals surface area contributed by atoms with Crippen molar-refractivity contribution in [3.05, 3.63) is 67.9 Å². The molecule has 0 spiro atoms. The Morgan fingerprint density at radius 1 is 0.950 bits per heavy atom. The molecule has 2 rings (SSSR count). The highest BCUT2D eigenvalue weighted by Crippen LogP contribution is 2.30. The Hall–Kier alpha value is -0.850. The molecule has 1 unspecified atom stereocenters. The van der Waals surface area contributed by atoms with Crippen LogP contribution in [-0.4, -0.2) is 7.05 Å². The van der Waals surface area contributed by atoms with Crippen LogP contribution >= 0.6 is 31.9 Å². The van der Waals surface area contributed by atoms with Gasteiger partial charge in [0, 0.05) is 10.0 Å². The summed E-state index contributed by atoms with van der Waals surface area (Å²) in [5.41, 5.74) is 0.616. The summed E-state index contributed by atoms with van der Waals surface area (Å²) in [5, 5.41) is 2.87. The van der Waals surface area contributed by atoms with E-state index in [0.717, 1.165) is 12.1 Å². The van der Waals surface area contributed by atoms with Gasteiger partial charge >= 0.3 is 0 Å². The number of hydrogen-bond acceptors (Lipinski definition) is 1. The van der Waals surface area contributed by atoms with Gasteiger partial charge in [0.05, 0.1) is 10.5 Å². The molecule has 106 valence electrons. The van der Waals surface area contributed by atoms with E-state index in [1.54, 1.807) is 13.1 Å². The van der Waals surface area contributed by atoms with Crippen LogP contribution in [0.4, 0.5) is 13.2 Å². The van der Waals surface area contributed by atoms with Crippen LogP contribution in [0.25, 0.3) is 0 Å². The quantitative estimate of drug-likeness (QED) is 0.709. The van der Waals surface area contributed by atoms with Crippen LogP contribution in [0.3, 0.4) is 0 Å². The third-order valence-electron chi connectivity index (χ3n) is 2.86. The SMILES string of the molecule is CNC(c1cc(F)cc(Br)c1)c1cc(F)c(Br)cc1F. The first-order valence-electron chi connectivity index (χ1n) is 5.70. The van der Waals surface area contributed by atoms with Crippen LogP contribution in [0.15, 0.2) is 39.3 Å². The summed E-state index contributed by atoms with van der Waals surface area (Å²) in [7, 11) is 1.60. The first kappa shape index (κ1) is 15.5. The molecule has 0 fully saturated rings. The Kier molecular flexibility index (Phi) is 4.88. The molecular weight excluding hydrogens is 399 g/mol. The number of hydrogen-bond donors (Lipinski definition) is 1. The van der Waals surface area contributed by atoms with Crippen LogP contribution in [0.5, 0.6) is 0 Å². The van der Waals surface area contributed by atoms with Gasteiger partial charge in [0.1, 0.15) is 17.5 Å². The summed E-state index contributed by atoms with van der Waals surface area (Å²) in [6, 6.07) is 5.75. The van der Waals surface area contributed by atoms with Gasteiger partial charge in [-0.05, 0) is 58.9 Å². The van der Waals surface area contributed by atoms with E-state index >= 15 is 0 Å². The average Bonchev–Trinajstić information content (AvgIpc) is 2.35. The molecule has 6 heteroatoms. The highest BCUT2D eigenvalue weighted by atomic mass is 79.9. The van der Waals surface area contributed by atoms with E-state index < -0.39 is 23.5 Å². The fourth-order valence-electron chi connectivity index (χ4n) is 2.00. The molecule has 0 aliphatic heterocycles. The average molecular weight is 409 g/mol. The summed E-state index contributed by atoms with van der Waals surface area (Å²) in [6.45, 7) is 0. The lowest BCUT2D eigenvalue weighted by Gasteiger charge is -2.19. The topological polar surface area (TPSA) is 12.0 Å². The second-order valence-corrected chi connectivity index (χ2v) is 5.98. The Balaban J connectivity index is 2.55. The van der Waals surface area contributed by atoms with Crippen molar-refractivity contribution in [2.45, 2.75) is 6.04 Å². The molecular formula is C14H10Br2F3N. The lowest BCUT2D eigenvalue weighted by atomic mass is 9.98. The summed E-state index contributed by atoms with van der Waals surface area (Å²) in [4.78, 5) is 0. The zero-order valence-corrected chi connectivity index (χ0v) is 13.5. The highest BCUT2D eigenvalue weighted by Gasteiger charge is 2.19. The number of halogens is 5. The van der Waals surface area contributed by atoms with Crippen molar-refractivity contribution >= 4 is 31.9 Å². The molecule has 0 bridgehead atoms. The van der Waals surface area contributed by atoms with Gasteiger partial charge in [0.15, 0.2) is 0 Å². The van der Waals surface area contributed by atoms with Gasteiger partial charge in [-0.2, -0.15) is 0 Å². The van der Waals surface area contributed by atoms with E-state index in [1.807, 2.05) is 0 Å². The van der Waals surface area contributed by atoms with Gasteiger partial charge in [-0.15, -0.1) is 0 Å². The maximum absolute atomic E-state index is 14.0. The molecule has 1 nitrogen and oxygen atoms in total. The van der Waals surface area contributed by atoms with Crippen LogP contribution in [0.2, 0.25) is 0 Å². The fraction of sp³-hybridized carbons (Fsp3) is 0.143. The van der Waals surface area contributed by atoms with Crippen molar-refractivity contribution in [2.24, 2.45) is 0 Å². The van der Waals surface area contributed by atoms with Gasteiger partial charge in [-0.3, -0.25) is 0 Å². The van der Waals surface area contributed by atoms with Crippen LogP contribution in [0, 0.1) is 17.5 Å². The van der Waals surface area contributed by atoms with Crippen molar-refractivity contribution in [3.8, 4) is 0 Å². The molecule has 0 heterocycles. The fourth-order valence-corrected chi connectivity index (χ4v) is 2.80. The monoisotopic (exact) mass is 407 g/mol. The van der Waals surface area contributed by atoms with Crippen LogP contribution in [-0.2, 0) is 0 Å². The molecule has 0 aliphatic rings. The second kappa shape index (κ2) is 6.28. The summed E-state index contributed by atoms with van der Waals surface area (Å²) in [5.74, 6) is -1.59. The molecule has 1 atom stereocenters. The Morgan fingerprint density at radius 2 is 1.65 bits per heavy atom. The standard InChI is InChI=1S/C14H10Br2F3N/c1-20-14(7-2-8(15)4-9(17)3-7)10-5-13(19)11(16)6-12(10)18/h2-6,14,20H,1H3. The van der Waals surface area contributed by atoms with Crippen LogP contribution < -0.4 is 5.32 Å². The first-order chi connectivity index (χ1) is 9.42. The molecule has 0 amide bonds. The smallest absolute Gasteiger partial charge is 0.137 e. The maximum atomic E-state index is 14.0. The summed E-state index contributed by atoms with van der Waals surface area (Å²) >= 11 is 6.11. The van der Waals surface area contributed by atoms with Gasteiger partial charge < -0.3 is 5.32 Å². The molecule has 2 aromatic rings. The van der Waals surface area contributed by atoms with Gasteiger partial charge in [-0.1, -0.05) is 15.9 Å². The summed E-state index contributed by atoms with van der Waals surface area (Å²) in [6.07, 6.45) is 0. The maximum Gasteiger partial charge on any atom is 0.137 e. The Bertz CT molecular complexity index is 626. The van der Waals surface area contributed by atoms with Crippen LogP contribution in [0.1, 0.15) is 17.2 Å². The minimum absolute atomic E-state index is 0.0500. The van der Waals surface area contributed by atoms with Crippen molar-refractivity contribution in [1.29, 1.82) is 0 Å². The van der Waals surface area contributed by atoms with E-state index in [-0.39, 0.29) is 10.0 Å². The zero-order valence-electron chi connectivity index (χ0n) is 10.4. The highest BCUT2D eigenvalue weighted by molar-refractivity contribution is 9.10. The molecule has 2 aromatic carbocycles. The van der Waals surface area contributed by atoms with Gasteiger partial charge in [0.2, 0.25) is 0 Å². The van der Waals surface area contributed by atoms with E-state index in [9.17, 15) is 13.2 Å². The van der Waals surface area contributed by atoms with E-state index in [4.69, 9.17) is 0 Å². The second-order valence-electron chi connectivity index (χ2n) is 4.21. The van der Waals surface area contributed by atoms with Crippen molar-refractivity contribution < 1.29 is 13.2 Å². The normalized spacial score (nSPS) is 12.5. The third kappa shape index (κ3) is 3.24. The molecule has 0 aromatic heterocycles. The lowest BCUT2D eigenvalue weighted by molar-refractivity contribution is 0.552. The molecule has 0 radical (unpaired) electrons. The minimum atomic E-state index is -0.649. The molecule has 20 heavy (non-hydrogen) atoms. The van der Waals surface area contributed by atoms with Crippen molar-refractivity contribution in [1.82, 2.24) is 5.32 Å². The minimum Gasteiger partial charge on any atom is -0.309 e. The first-order valence-corrected chi connectivity index (χ1v) is 7.28. The molecule has 0 saturated heterocycles. The largest absolute Gasteiger partial charge is 0.309 e. The van der Waals surface area contributed by atoms with Gasteiger partial charge in [0.25, 0.3) is 0 Å². The Morgan fingerprint density at radius 3 is 2.25 bits per heavy atom.